The number of benzene rings is 2. The number of carbonyl (C=O) groups is 1. The predicted octanol–water partition coefficient (Wildman–Crippen LogP) is 4.70. The quantitative estimate of drug-likeness (QED) is 0.761. The summed E-state index contributed by atoms with van der Waals surface area (Å²) in [5.74, 6) is -1.17. The van der Waals surface area contributed by atoms with Crippen molar-refractivity contribution in [2.45, 2.75) is 37.9 Å². The third-order valence-corrected chi connectivity index (χ3v) is 5.12. The van der Waals surface area contributed by atoms with Crippen molar-refractivity contribution >= 4 is 11.5 Å². The SMILES string of the molecule is CCCC1=C(c2ccccc2)C(=O)O[C@]12OCC[C@@H]2c1ccccc1. The van der Waals surface area contributed by atoms with Crippen LogP contribution in [0.5, 0.6) is 0 Å². The summed E-state index contributed by atoms with van der Waals surface area (Å²) in [6.45, 7) is 2.72. The molecule has 4 rings (SSSR count). The number of ether oxygens (including phenoxy) is 2. The number of esters is 1. The second kappa shape index (κ2) is 6.49. The van der Waals surface area contributed by atoms with Crippen molar-refractivity contribution in [3.63, 3.8) is 0 Å². The lowest BCUT2D eigenvalue weighted by Crippen LogP contribution is -2.37. The molecule has 1 spiro atoms. The maximum atomic E-state index is 12.8. The Morgan fingerprint density at radius 2 is 1.72 bits per heavy atom. The topological polar surface area (TPSA) is 35.5 Å². The van der Waals surface area contributed by atoms with E-state index in [-0.39, 0.29) is 11.9 Å². The molecule has 0 saturated carbocycles. The van der Waals surface area contributed by atoms with E-state index < -0.39 is 5.79 Å². The maximum Gasteiger partial charge on any atom is 0.341 e. The first kappa shape index (κ1) is 16.1. The average molecular weight is 334 g/mol. The highest BCUT2D eigenvalue weighted by atomic mass is 16.7. The van der Waals surface area contributed by atoms with Gasteiger partial charge in [0.25, 0.3) is 0 Å². The Morgan fingerprint density at radius 3 is 2.40 bits per heavy atom. The summed E-state index contributed by atoms with van der Waals surface area (Å²) < 4.78 is 12.1. The van der Waals surface area contributed by atoms with Gasteiger partial charge in [-0.05, 0) is 24.0 Å². The summed E-state index contributed by atoms with van der Waals surface area (Å²) in [4.78, 5) is 12.8. The van der Waals surface area contributed by atoms with Gasteiger partial charge in [-0.2, -0.15) is 0 Å². The average Bonchev–Trinajstić information content (AvgIpc) is 3.18. The molecule has 0 aliphatic carbocycles. The van der Waals surface area contributed by atoms with E-state index in [9.17, 15) is 4.79 Å². The normalized spacial score (nSPS) is 25.6. The third kappa shape index (κ3) is 2.59. The van der Waals surface area contributed by atoms with E-state index in [1.807, 2.05) is 48.5 Å². The Kier molecular flexibility index (Phi) is 4.18. The Morgan fingerprint density at radius 1 is 1.04 bits per heavy atom. The van der Waals surface area contributed by atoms with Gasteiger partial charge in [0, 0.05) is 5.57 Å². The first-order valence-electron chi connectivity index (χ1n) is 8.97. The van der Waals surface area contributed by atoms with Crippen LogP contribution in [0.15, 0.2) is 66.2 Å². The molecule has 128 valence electrons. The van der Waals surface area contributed by atoms with Crippen LogP contribution in [-0.4, -0.2) is 18.4 Å². The smallest absolute Gasteiger partial charge is 0.341 e. The molecule has 0 bridgehead atoms. The molecule has 1 fully saturated rings. The number of hydrogen-bond acceptors (Lipinski definition) is 3. The van der Waals surface area contributed by atoms with Gasteiger partial charge in [0.2, 0.25) is 5.79 Å². The maximum absolute atomic E-state index is 12.8. The molecule has 1 saturated heterocycles. The molecule has 3 nitrogen and oxygen atoms in total. The third-order valence-electron chi connectivity index (χ3n) is 5.12. The van der Waals surface area contributed by atoms with E-state index in [1.54, 1.807) is 0 Å². The largest absolute Gasteiger partial charge is 0.425 e. The summed E-state index contributed by atoms with van der Waals surface area (Å²) >= 11 is 0. The van der Waals surface area contributed by atoms with Crippen LogP contribution in [-0.2, 0) is 14.3 Å². The summed E-state index contributed by atoms with van der Waals surface area (Å²) in [6, 6.07) is 20.1. The highest BCUT2D eigenvalue weighted by molar-refractivity contribution is 6.20. The Bertz CT molecular complexity index is 795. The van der Waals surface area contributed by atoms with Crippen molar-refractivity contribution in [3.8, 4) is 0 Å². The Hall–Kier alpha value is -2.39. The van der Waals surface area contributed by atoms with E-state index >= 15 is 0 Å². The zero-order chi connectivity index (χ0) is 17.3. The molecule has 2 aliphatic heterocycles. The van der Waals surface area contributed by atoms with Crippen molar-refractivity contribution in [3.05, 3.63) is 77.4 Å². The molecule has 2 atom stereocenters. The van der Waals surface area contributed by atoms with Crippen LogP contribution >= 0.6 is 0 Å². The summed E-state index contributed by atoms with van der Waals surface area (Å²) in [5.41, 5.74) is 3.76. The van der Waals surface area contributed by atoms with Gasteiger partial charge in [-0.3, -0.25) is 0 Å². The van der Waals surface area contributed by atoms with Crippen molar-refractivity contribution < 1.29 is 14.3 Å². The fourth-order valence-corrected chi connectivity index (χ4v) is 4.08. The molecule has 0 N–H and O–H groups in total. The molecule has 0 aromatic heterocycles. The van der Waals surface area contributed by atoms with Crippen molar-refractivity contribution in [2.75, 3.05) is 6.61 Å². The van der Waals surface area contributed by atoms with Gasteiger partial charge >= 0.3 is 5.97 Å². The number of hydrogen-bond donors (Lipinski definition) is 0. The van der Waals surface area contributed by atoms with Crippen LogP contribution in [0.2, 0.25) is 0 Å². The summed E-state index contributed by atoms with van der Waals surface area (Å²) in [6.07, 6.45) is 2.58. The molecule has 0 radical (unpaired) electrons. The number of rotatable bonds is 4. The van der Waals surface area contributed by atoms with E-state index in [1.165, 1.54) is 0 Å². The van der Waals surface area contributed by atoms with Crippen molar-refractivity contribution in [2.24, 2.45) is 0 Å². The van der Waals surface area contributed by atoms with Crippen LogP contribution in [0.4, 0.5) is 0 Å². The van der Waals surface area contributed by atoms with Crippen LogP contribution in [0.25, 0.3) is 5.57 Å². The molecular formula is C22H22O3. The monoisotopic (exact) mass is 334 g/mol. The van der Waals surface area contributed by atoms with Gasteiger partial charge < -0.3 is 9.47 Å². The second-order valence-electron chi connectivity index (χ2n) is 6.63. The Balaban J connectivity index is 1.86. The van der Waals surface area contributed by atoms with Gasteiger partial charge in [0.1, 0.15) is 0 Å². The van der Waals surface area contributed by atoms with E-state index in [4.69, 9.17) is 9.47 Å². The first-order chi connectivity index (χ1) is 12.3. The number of carbonyl (C=O) groups excluding carboxylic acids is 1. The zero-order valence-corrected chi connectivity index (χ0v) is 14.4. The fourth-order valence-electron chi connectivity index (χ4n) is 4.08. The molecule has 0 amide bonds. The second-order valence-corrected chi connectivity index (χ2v) is 6.63. The highest BCUT2D eigenvalue weighted by Gasteiger charge is 2.56. The van der Waals surface area contributed by atoms with Crippen LogP contribution in [0.3, 0.4) is 0 Å². The van der Waals surface area contributed by atoms with Gasteiger partial charge in [0.15, 0.2) is 0 Å². The molecular weight excluding hydrogens is 312 g/mol. The molecule has 0 unspecified atom stereocenters. The lowest BCUT2D eigenvalue weighted by molar-refractivity contribution is -0.189. The highest BCUT2D eigenvalue weighted by Crippen LogP contribution is 2.53. The standard InChI is InChI=1S/C22H22O3/c1-2-9-19-20(17-12-7-4-8-13-17)21(23)25-22(19)18(14-15-24-22)16-10-5-3-6-11-16/h3-8,10-13,18H,2,9,14-15H2,1H3/t18-,22+/m1/s1. The van der Waals surface area contributed by atoms with Gasteiger partial charge in [-0.25, -0.2) is 4.79 Å². The van der Waals surface area contributed by atoms with Crippen LogP contribution in [0, 0.1) is 0 Å². The van der Waals surface area contributed by atoms with E-state index in [0.717, 1.165) is 36.0 Å². The Labute approximate surface area is 148 Å². The summed E-state index contributed by atoms with van der Waals surface area (Å²) in [5, 5.41) is 0. The van der Waals surface area contributed by atoms with Crippen molar-refractivity contribution in [1.82, 2.24) is 0 Å². The van der Waals surface area contributed by atoms with Gasteiger partial charge in [0.05, 0.1) is 18.1 Å². The van der Waals surface area contributed by atoms with Crippen LogP contribution in [0.1, 0.15) is 43.2 Å². The lowest BCUT2D eigenvalue weighted by atomic mass is 9.82. The van der Waals surface area contributed by atoms with Gasteiger partial charge in [-0.15, -0.1) is 0 Å². The summed E-state index contributed by atoms with van der Waals surface area (Å²) in [7, 11) is 0. The zero-order valence-electron chi connectivity index (χ0n) is 14.4. The molecule has 2 aromatic rings. The minimum Gasteiger partial charge on any atom is -0.425 e. The minimum absolute atomic E-state index is 0.0420. The molecule has 2 aliphatic rings. The lowest BCUT2D eigenvalue weighted by Gasteiger charge is -2.31. The molecule has 2 aromatic carbocycles. The fraction of sp³-hybridized carbons (Fsp3) is 0.318. The van der Waals surface area contributed by atoms with E-state index in [0.29, 0.717) is 12.2 Å². The predicted molar refractivity (Wildman–Crippen MR) is 96.8 cm³/mol. The van der Waals surface area contributed by atoms with Crippen molar-refractivity contribution in [1.29, 1.82) is 0 Å². The minimum atomic E-state index is -0.945. The molecule has 3 heteroatoms. The molecule has 25 heavy (non-hydrogen) atoms. The first-order valence-corrected chi connectivity index (χ1v) is 8.97. The molecule has 2 heterocycles. The van der Waals surface area contributed by atoms with Crippen LogP contribution < -0.4 is 0 Å². The van der Waals surface area contributed by atoms with Gasteiger partial charge in [-0.1, -0.05) is 74.0 Å². The van der Waals surface area contributed by atoms with E-state index in [2.05, 4.69) is 19.1 Å².